The van der Waals surface area contributed by atoms with Gasteiger partial charge in [0.2, 0.25) is 0 Å². The molecule has 1 rings (SSSR count). The summed E-state index contributed by atoms with van der Waals surface area (Å²) in [6, 6.07) is 7.52. The number of benzene rings is 1. The number of para-hydroxylation sites is 1. The van der Waals surface area contributed by atoms with E-state index in [-0.39, 0.29) is 12.4 Å². The fourth-order valence-corrected chi connectivity index (χ4v) is 1.91. The molecule has 0 bridgehead atoms. The average Bonchev–Trinajstić information content (AvgIpc) is 2.32. The molecule has 0 spiro atoms. The van der Waals surface area contributed by atoms with E-state index in [9.17, 15) is 8.42 Å². The highest BCUT2D eigenvalue weighted by Crippen LogP contribution is 2.17. The van der Waals surface area contributed by atoms with Crippen molar-refractivity contribution in [1.29, 1.82) is 0 Å². The Bertz CT molecular complexity index is 517. The lowest BCUT2D eigenvalue weighted by Crippen LogP contribution is -2.22. The van der Waals surface area contributed by atoms with E-state index < -0.39 is 9.84 Å². The Labute approximate surface area is 108 Å². The van der Waals surface area contributed by atoms with Crippen LogP contribution in [0.2, 0.25) is 0 Å². The molecule has 0 atom stereocenters. The largest absolute Gasteiger partial charge is 0.481 e. The third-order valence-electron chi connectivity index (χ3n) is 2.25. The van der Waals surface area contributed by atoms with Crippen molar-refractivity contribution in [2.75, 3.05) is 25.2 Å². The minimum Gasteiger partial charge on any atom is -0.481 e. The number of sulfone groups is 1. The minimum absolute atomic E-state index is 0.125. The van der Waals surface area contributed by atoms with Gasteiger partial charge >= 0.3 is 0 Å². The van der Waals surface area contributed by atoms with Crippen LogP contribution in [-0.4, -0.2) is 33.6 Å². The predicted octanol–water partition coefficient (Wildman–Crippen LogP) is 0.833. The van der Waals surface area contributed by atoms with Gasteiger partial charge in [-0.3, -0.25) is 0 Å². The Hall–Kier alpha value is -1.51. The van der Waals surface area contributed by atoms with Gasteiger partial charge in [-0.25, -0.2) is 8.42 Å². The van der Waals surface area contributed by atoms with E-state index in [1.807, 2.05) is 24.3 Å². The highest BCUT2D eigenvalue weighted by atomic mass is 32.2. The molecule has 1 aromatic carbocycles. The molecular weight excluding hydrogens is 250 g/mol. The predicted molar refractivity (Wildman–Crippen MR) is 72.2 cm³/mol. The normalized spacial score (nSPS) is 10.9. The molecule has 18 heavy (non-hydrogen) atoms. The Balaban J connectivity index is 2.49. The fourth-order valence-electron chi connectivity index (χ4n) is 1.39. The van der Waals surface area contributed by atoms with Gasteiger partial charge in [-0.05, 0) is 6.07 Å². The second kappa shape index (κ2) is 7.04. The molecule has 0 unspecified atom stereocenters. The highest BCUT2D eigenvalue weighted by Gasteiger charge is 2.04. The summed E-state index contributed by atoms with van der Waals surface area (Å²) in [5, 5.41) is 3.06. The summed E-state index contributed by atoms with van der Waals surface area (Å²) < 4.78 is 27.3. The molecule has 1 N–H and O–H groups in total. The summed E-state index contributed by atoms with van der Waals surface area (Å²) in [4.78, 5) is 0. The van der Waals surface area contributed by atoms with Gasteiger partial charge in [0.15, 0.2) is 0 Å². The lowest BCUT2D eigenvalue weighted by atomic mass is 10.2. The summed E-state index contributed by atoms with van der Waals surface area (Å²) in [6.07, 6.45) is 6.36. The number of nitrogens with one attached hydrogen (secondary N) is 1. The zero-order valence-electron chi connectivity index (χ0n) is 10.3. The van der Waals surface area contributed by atoms with Crippen molar-refractivity contribution in [1.82, 2.24) is 5.32 Å². The Morgan fingerprint density at radius 1 is 1.39 bits per heavy atom. The zero-order chi connectivity index (χ0) is 13.4. The van der Waals surface area contributed by atoms with Crippen molar-refractivity contribution in [3.8, 4) is 18.1 Å². The first kappa shape index (κ1) is 14.6. The van der Waals surface area contributed by atoms with E-state index in [0.29, 0.717) is 13.1 Å². The highest BCUT2D eigenvalue weighted by molar-refractivity contribution is 7.90. The molecule has 5 heteroatoms. The van der Waals surface area contributed by atoms with Crippen LogP contribution in [0, 0.1) is 12.3 Å². The van der Waals surface area contributed by atoms with Gasteiger partial charge in [0.1, 0.15) is 22.2 Å². The van der Waals surface area contributed by atoms with Crippen molar-refractivity contribution in [3.63, 3.8) is 0 Å². The second-order valence-electron chi connectivity index (χ2n) is 3.91. The molecule has 0 heterocycles. The van der Waals surface area contributed by atoms with Crippen LogP contribution in [0.5, 0.6) is 5.75 Å². The molecule has 0 saturated heterocycles. The third-order valence-corrected chi connectivity index (χ3v) is 3.19. The number of hydrogen-bond donors (Lipinski definition) is 1. The molecular formula is C13H17NO3S. The van der Waals surface area contributed by atoms with Crippen LogP contribution < -0.4 is 10.1 Å². The Morgan fingerprint density at radius 3 is 2.78 bits per heavy atom. The summed E-state index contributed by atoms with van der Waals surface area (Å²) in [7, 11) is -2.92. The molecule has 0 aliphatic heterocycles. The third kappa shape index (κ3) is 5.71. The van der Waals surface area contributed by atoms with Crippen molar-refractivity contribution in [2.24, 2.45) is 0 Å². The molecule has 98 valence electrons. The monoisotopic (exact) mass is 267 g/mol. The SMILES string of the molecule is C#CCOc1ccccc1CNCCS(C)(=O)=O. The number of terminal acetylenes is 1. The lowest BCUT2D eigenvalue weighted by molar-refractivity contribution is 0.365. The van der Waals surface area contributed by atoms with Crippen molar-refractivity contribution in [2.45, 2.75) is 6.54 Å². The Kier molecular flexibility index (Phi) is 5.69. The number of ether oxygens (including phenoxy) is 1. The molecule has 0 aliphatic rings. The van der Waals surface area contributed by atoms with Gasteiger partial charge < -0.3 is 10.1 Å². The summed E-state index contributed by atoms with van der Waals surface area (Å²) in [5.74, 6) is 3.26. The molecule has 1 aromatic rings. The van der Waals surface area contributed by atoms with Gasteiger partial charge in [0, 0.05) is 24.9 Å². The Morgan fingerprint density at radius 2 is 2.11 bits per heavy atom. The average molecular weight is 267 g/mol. The minimum atomic E-state index is -2.92. The van der Waals surface area contributed by atoms with Crippen molar-refractivity contribution < 1.29 is 13.2 Å². The van der Waals surface area contributed by atoms with Crippen LogP contribution in [-0.2, 0) is 16.4 Å². The lowest BCUT2D eigenvalue weighted by Gasteiger charge is -2.10. The van der Waals surface area contributed by atoms with E-state index >= 15 is 0 Å². The first-order valence-corrected chi connectivity index (χ1v) is 7.61. The molecule has 0 saturated carbocycles. The standard InChI is InChI=1S/C13H17NO3S/c1-3-9-17-13-7-5-4-6-12(13)11-14-8-10-18(2,15)16/h1,4-7,14H,8-11H2,2H3. The number of rotatable bonds is 7. The van der Waals surface area contributed by atoms with Gasteiger partial charge in [-0.1, -0.05) is 24.1 Å². The maximum absolute atomic E-state index is 11.0. The fraction of sp³-hybridized carbons (Fsp3) is 0.385. The van der Waals surface area contributed by atoms with Gasteiger partial charge in [0.25, 0.3) is 0 Å². The molecule has 0 aliphatic carbocycles. The second-order valence-corrected chi connectivity index (χ2v) is 6.17. The maximum Gasteiger partial charge on any atom is 0.148 e. The number of hydrogen-bond acceptors (Lipinski definition) is 4. The molecule has 0 aromatic heterocycles. The topological polar surface area (TPSA) is 55.4 Å². The molecule has 0 radical (unpaired) electrons. The van der Waals surface area contributed by atoms with E-state index in [4.69, 9.17) is 11.2 Å². The van der Waals surface area contributed by atoms with Crippen molar-refractivity contribution >= 4 is 9.84 Å². The van der Waals surface area contributed by atoms with Crippen LogP contribution in [0.15, 0.2) is 24.3 Å². The first-order valence-electron chi connectivity index (χ1n) is 5.55. The van der Waals surface area contributed by atoms with Gasteiger partial charge in [0.05, 0.1) is 5.75 Å². The van der Waals surface area contributed by atoms with Crippen LogP contribution in [0.3, 0.4) is 0 Å². The summed E-state index contributed by atoms with van der Waals surface area (Å²) in [6.45, 7) is 1.19. The van der Waals surface area contributed by atoms with Crippen molar-refractivity contribution in [3.05, 3.63) is 29.8 Å². The van der Waals surface area contributed by atoms with E-state index in [1.54, 1.807) is 0 Å². The van der Waals surface area contributed by atoms with E-state index in [2.05, 4.69) is 11.2 Å². The van der Waals surface area contributed by atoms with Crippen LogP contribution in [0.4, 0.5) is 0 Å². The molecule has 0 fully saturated rings. The van der Waals surface area contributed by atoms with Crippen LogP contribution in [0.25, 0.3) is 0 Å². The maximum atomic E-state index is 11.0. The quantitative estimate of drug-likeness (QED) is 0.587. The van der Waals surface area contributed by atoms with Gasteiger partial charge in [-0.15, -0.1) is 6.42 Å². The zero-order valence-corrected chi connectivity index (χ0v) is 11.2. The summed E-state index contributed by atoms with van der Waals surface area (Å²) in [5.41, 5.74) is 0.959. The van der Waals surface area contributed by atoms with E-state index in [0.717, 1.165) is 11.3 Å². The van der Waals surface area contributed by atoms with Crippen LogP contribution in [0.1, 0.15) is 5.56 Å². The molecule has 0 amide bonds. The smallest absolute Gasteiger partial charge is 0.148 e. The van der Waals surface area contributed by atoms with Crippen LogP contribution >= 0.6 is 0 Å². The molecule has 4 nitrogen and oxygen atoms in total. The summed E-state index contributed by atoms with van der Waals surface area (Å²) >= 11 is 0. The first-order chi connectivity index (χ1) is 8.53. The van der Waals surface area contributed by atoms with E-state index in [1.165, 1.54) is 6.26 Å². The van der Waals surface area contributed by atoms with Gasteiger partial charge in [-0.2, -0.15) is 0 Å².